The Morgan fingerprint density at radius 3 is 2.50 bits per heavy atom. The first-order valence-corrected chi connectivity index (χ1v) is 4.52. The fourth-order valence-corrected chi connectivity index (χ4v) is 0.978. The van der Waals surface area contributed by atoms with Gasteiger partial charge in [0, 0.05) is 0 Å². The minimum absolute atomic E-state index is 0.155. The molecule has 0 aliphatic heterocycles. The highest BCUT2D eigenvalue weighted by molar-refractivity contribution is 5.89. The molecule has 0 aliphatic rings. The summed E-state index contributed by atoms with van der Waals surface area (Å²) < 4.78 is 4.94. The van der Waals surface area contributed by atoms with Crippen molar-refractivity contribution in [1.29, 1.82) is 0 Å². The molecule has 1 aromatic carbocycles. The van der Waals surface area contributed by atoms with Crippen molar-refractivity contribution in [2.24, 2.45) is 0 Å². The van der Waals surface area contributed by atoms with E-state index in [1.807, 2.05) is 19.1 Å². The number of hydrogen-bond donors (Lipinski definition) is 1. The van der Waals surface area contributed by atoms with Gasteiger partial charge < -0.3 is 9.84 Å². The molecule has 0 fully saturated rings. The highest BCUT2D eigenvalue weighted by atomic mass is 16.5. The topological polar surface area (TPSA) is 46.5 Å². The van der Waals surface area contributed by atoms with E-state index in [2.05, 4.69) is 0 Å². The molecule has 0 aromatic heterocycles. The summed E-state index contributed by atoms with van der Waals surface area (Å²) in [5.41, 5.74) is 1.60. The van der Waals surface area contributed by atoms with Crippen LogP contribution in [-0.2, 0) is 4.74 Å². The summed E-state index contributed by atoms with van der Waals surface area (Å²) in [6, 6.07) is 7.12. The lowest BCUT2D eigenvalue weighted by Gasteiger charge is -2.09. The molecule has 0 spiro atoms. The molecule has 0 amide bonds. The number of rotatable bonds is 3. The third-order valence-corrected chi connectivity index (χ3v) is 1.85. The van der Waals surface area contributed by atoms with Gasteiger partial charge in [-0.15, -0.1) is 0 Å². The largest absolute Gasteiger partial charge is 0.457 e. The standard InChI is InChI=1S/C11H14O3/c1-8-3-5-10(6-4-8)11(13)14-9(2)7-12/h3-6,9,12H,7H2,1-2H3. The predicted molar refractivity (Wildman–Crippen MR) is 53.1 cm³/mol. The van der Waals surface area contributed by atoms with E-state index >= 15 is 0 Å². The molecule has 1 rings (SSSR count). The van der Waals surface area contributed by atoms with Crippen molar-refractivity contribution >= 4 is 5.97 Å². The number of carbonyl (C=O) groups excluding carboxylic acids is 1. The van der Waals surface area contributed by atoms with Crippen LogP contribution in [0.4, 0.5) is 0 Å². The maximum Gasteiger partial charge on any atom is 0.338 e. The molecule has 76 valence electrons. The highest BCUT2D eigenvalue weighted by Crippen LogP contribution is 2.06. The summed E-state index contributed by atoms with van der Waals surface area (Å²) in [5, 5.41) is 8.70. The Balaban J connectivity index is 2.65. The van der Waals surface area contributed by atoms with Gasteiger partial charge in [0.2, 0.25) is 0 Å². The van der Waals surface area contributed by atoms with Crippen LogP contribution in [0.25, 0.3) is 0 Å². The van der Waals surface area contributed by atoms with Crippen molar-refractivity contribution in [3.05, 3.63) is 35.4 Å². The lowest BCUT2D eigenvalue weighted by atomic mass is 10.1. The fourth-order valence-electron chi connectivity index (χ4n) is 0.978. The van der Waals surface area contributed by atoms with Crippen LogP contribution in [0, 0.1) is 6.92 Å². The highest BCUT2D eigenvalue weighted by Gasteiger charge is 2.10. The summed E-state index contributed by atoms with van der Waals surface area (Å²) in [6.07, 6.45) is -0.455. The zero-order valence-corrected chi connectivity index (χ0v) is 8.36. The summed E-state index contributed by atoms with van der Waals surface area (Å²) in [5.74, 6) is -0.397. The van der Waals surface area contributed by atoms with Crippen LogP contribution < -0.4 is 0 Å². The van der Waals surface area contributed by atoms with Crippen molar-refractivity contribution in [2.45, 2.75) is 20.0 Å². The van der Waals surface area contributed by atoms with Crippen LogP contribution in [-0.4, -0.2) is 23.8 Å². The van der Waals surface area contributed by atoms with E-state index < -0.39 is 12.1 Å². The lowest BCUT2D eigenvalue weighted by Crippen LogP contribution is -2.18. The first kappa shape index (κ1) is 10.7. The number of hydrogen-bond acceptors (Lipinski definition) is 3. The van der Waals surface area contributed by atoms with Gasteiger partial charge in [-0.3, -0.25) is 0 Å². The first-order chi connectivity index (χ1) is 6.63. The van der Waals surface area contributed by atoms with Gasteiger partial charge in [0.1, 0.15) is 6.10 Å². The molecule has 0 heterocycles. The van der Waals surface area contributed by atoms with E-state index in [1.165, 1.54) is 0 Å². The molecule has 1 atom stereocenters. The molecule has 3 nitrogen and oxygen atoms in total. The lowest BCUT2D eigenvalue weighted by molar-refractivity contribution is 0.0197. The first-order valence-electron chi connectivity index (χ1n) is 4.52. The Morgan fingerprint density at radius 1 is 1.43 bits per heavy atom. The summed E-state index contributed by atoms with van der Waals surface area (Å²) in [7, 11) is 0. The normalized spacial score (nSPS) is 12.2. The third-order valence-electron chi connectivity index (χ3n) is 1.85. The van der Waals surface area contributed by atoms with Crippen molar-refractivity contribution < 1.29 is 14.6 Å². The predicted octanol–water partition coefficient (Wildman–Crippen LogP) is 1.53. The van der Waals surface area contributed by atoms with Gasteiger partial charge in [0.25, 0.3) is 0 Å². The van der Waals surface area contributed by atoms with Gasteiger partial charge in [-0.25, -0.2) is 4.79 Å². The van der Waals surface area contributed by atoms with E-state index in [0.29, 0.717) is 5.56 Å². The summed E-state index contributed by atoms with van der Waals surface area (Å²) in [4.78, 5) is 11.4. The number of aliphatic hydroxyl groups excluding tert-OH is 1. The number of benzene rings is 1. The van der Waals surface area contributed by atoms with Gasteiger partial charge in [-0.05, 0) is 26.0 Å². The zero-order chi connectivity index (χ0) is 10.6. The minimum Gasteiger partial charge on any atom is -0.457 e. The van der Waals surface area contributed by atoms with Crippen molar-refractivity contribution in [2.75, 3.05) is 6.61 Å². The third kappa shape index (κ3) is 2.85. The van der Waals surface area contributed by atoms with Crippen molar-refractivity contribution in [1.82, 2.24) is 0 Å². The maximum atomic E-state index is 11.4. The van der Waals surface area contributed by atoms with Gasteiger partial charge >= 0.3 is 5.97 Å². The monoisotopic (exact) mass is 194 g/mol. The minimum atomic E-state index is -0.455. The molecule has 1 N–H and O–H groups in total. The van der Waals surface area contributed by atoms with E-state index in [0.717, 1.165) is 5.56 Å². The van der Waals surface area contributed by atoms with Gasteiger partial charge in [-0.2, -0.15) is 0 Å². The second-order valence-electron chi connectivity index (χ2n) is 3.26. The second-order valence-corrected chi connectivity index (χ2v) is 3.26. The van der Waals surface area contributed by atoms with Gasteiger partial charge in [0.15, 0.2) is 0 Å². The van der Waals surface area contributed by atoms with Crippen LogP contribution in [0.1, 0.15) is 22.8 Å². The smallest absolute Gasteiger partial charge is 0.338 e. The molecule has 0 saturated carbocycles. The second kappa shape index (κ2) is 4.77. The molecule has 3 heteroatoms. The number of aryl methyl sites for hydroxylation is 1. The Hall–Kier alpha value is -1.35. The molecule has 1 aromatic rings. The Bertz CT molecular complexity index is 303. The fraction of sp³-hybridized carbons (Fsp3) is 0.364. The van der Waals surface area contributed by atoms with Gasteiger partial charge in [-0.1, -0.05) is 17.7 Å². The average molecular weight is 194 g/mol. The zero-order valence-electron chi connectivity index (χ0n) is 8.36. The van der Waals surface area contributed by atoms with Crippen LogP contribution in [0.3, 0.4) is 0 Å². The molecule has 0 radical (unpaired) electrons. The number of aliphatic hydroxyl groups is 1. The molecule has 14 heavy (non-hydrogen) atoms. The SMILES string of the molecule is Cc1ccc(C(=O)OC(C)CO)cc1. The Labute approximate surface area is 83.3 Å². The van der Waals surface area contributed by atoms with E-state index in [1.54, 1.807) is 19.1 Å². The average Bonchev–Trinajstić information content (AvgIpc) is 2.18. The summed E-state index contributed by atoms with van der Waals surface area (Å²) in [6.45, 7) is 3.44. The molecular weight excluding hydrogens is 180 g/mol. The molecule has 0 aliphatic carbocycles. The van der Waals surface area contributed by atoms with Crippen LogP contribution in [0.15, 0.2) is 24.3 Å². The molecule has 0 saturated heterocycles. The maximum absolute atomic E-state index is 11.4. The quantitative estimate of drug-likeness (QED) is 0.742. The van der Waals surface area contributed by atoms with Crippen LogP contribution in [0.5, 0.6) is 0 Å². The number of esters is 1. The van der Waals surface area contributed by atoms with Crippen LogP contribution in [0.2, 0.25) is 0 Å². The number of carbonyl (C=O) groups is 1. The Kier molecular flexibility index (Phi) is 3.65. The van der Waals surface area contributed by atoms with Crippen LogP contribution >= 0.6 is 0 Å². The molecule has 0 bridgehead atoms. The van der Waals surface area contributed by atoms with E-state index in [-0.39, 0.29) is 6.61 Å². The molecule has 1 unspecified atom stereocenters. The summed E-state index contributed by atoms with van der Waals surface area (Å²) >= 11 is 0. The van der Waals surface area contributed by atoms with E-state index in [4.69, 9.17) is 9.84 Å². The Morgan fingerprint density at radius 2 is 2.00 bits per heavy atom. The molecular formula is C11H14O3. The van der Waals surface area contributed by atoms with Gasteiger partial charge in [0.05, 0.1) is 12.2 Å². The van der Waals surface area contributed by atoms with E-state index in [9.17, 15) is 4.79 Å². The van der Waals surface area contributed by atoms with Crippen molar-refractivity contribution in [3.63, 3.8) is 0 Å². The van der Waals surface area contributed by atoms with Crippen molar-refractivity contribution in [3.8, 4) is 0 Å². The number of ether oxygens (including phenoxy) is 1.